The molecule has 0 aromatic carbocycles. The molecule has 0 atom stereocenters. The number of aryl methyl sites for hydroxylation is 1. The molecule has 26 heavy (non-hydrogen) atoms. The van der Waals surface area contributed by atoms with Gasteiger partial charge >= 0.3 is 17.7 Å². The highest BCUT2D eigenvalue weighted by atomic mass is 16.7. The summed E-state index contributed by atoms with van der Waals surface area (Å²) in [6.07, 6.45) is 1.83. The summed E-state index contributed by atoms with van der Waals surface area (Å²) < 4.78 is 1.44. The Hall–Kier alpha value is -4.18. The molecule has 2 aromatic heterocycles. The highest BCUT2D eigenvalue weighted by Crippen LogP contribution is 2.19. The predicted molar refractivity (Wildman–Crippen MR) is 78.0 cm³/mol. The van der Waals surface area contributed by atoms with Crippen molar-refractivity contribution >= 4 is 17.7 Å². The fourth-order valence-corrected chi connectivity index (χ4v) is 2.01. The summed E-state index contributed by atoms with van der Waals surface area (Å²) >= 11 is 0. The lowest BCUT2D eigenvalue weighted by Gasteiger charge is -2.12. The van der Waals surface area contributed by atoms with Crippen LogP contribution in [0.25, 0.3) is 0 Å². The molecular formula is C9H9N9O8. The summed E-state index contributed by atoms with van der Waals surface area (Å²) in [7, 11) is 0. The van der Waals surface area contributed by atoms with Gasteiger partial charge in [-0.25, -0.2) is 19.2 Å². The summed E-state index contributed by atoms with van der Waals surface area (Å²) in [6.45, 7) is -0.0735. The number of nitrogens with zero attached hydrogens (tertiary/aromatic N) is 9. The van der Waals surface area contributed by atoms with Crippen LogP contribution in [0, 0.1) is 47.4 Å². The second kappa shape index (κ2) is 6.75. The van der Waals surface area contributed by atoms with E-state index in [9.17, 15) is 40.5 Å². The molecule has 0 aliphatic carbocycles. The van der Waals surface area contributed by atoms with Crippen molar-refractivity contribution in [1.29, 1.82) is 0 Å². The summed E-state index contributed by atoms with van der Waals surface area (Å²) in [4.78, 5) is 47.6. The number of imidazole rings is 2. The normalized spacial score (nSPS) is 10.5. The predicted octanol–water partition coefficient (Wildman–Crippen LogP) is 0.222. The van der Waals surface area contributed by atoms with Crippen molar-refractivity contribution in [1.82, 2.24) is 24.1 Å². The lowest BCUT2D eigenvalue weighted by atomic mass is 10.6. The highest BCUT2D eigenvalue weighted by Gasteiger charge is 2.30. The van der Waals surface area contributed by atoms with Gasteiger partial charge in [-0.05, 0) is 26.7 Å². The molecule has 2 rings (SSSR count). The highest BCUT2D eigenvalue weighted by molar-refractivity contribution is 5.24. The third-order valence-corrected chi connectivity index (χ3v) is 2.99. The fourth-order valence-electron chi connectivity index (χ4n) is 2.01. The van der Waals surface area contributed by atoms with E-state index in [-0.39, 0.29) is 5.69 Å². The smallest absolute Gasteiger partial charge is 0.390 e. The van der Waals surface area contributed by atoms with Crippen LogP contribution in [-0.4, -0.2) is 43.9 Å². The first-order chi connectivity index (χ1) is 12.1. The topological polar surface area (TPSA) is 211 Å². The lowest BCUT2D eigenvalue weighted by molar-refractivity contribution is -0.671. The van der Waals surface area contributed by atoms with E-state index in [4.69, 9.17) is 0 Å². The summed E-state index contributed by atoms with van der Waals surface area (Å²) in [5.41, 5.74) is 0.226. The van der Waals surface area contributed by atoms with Crippen LogP contribution >= 0.6 is 0 Å². The number of hydrogen-bond donors (Lipinski definition) is 0. The third kappa shape index (κ3) is 3.66. The van der Waals surface area contributed by atoms with E-state index in [1.165, 1.54) is 13.1 Å². The maximum atomic E-state index is 11.2. The molecule has 0 aliphatic rings. The molecule has 0 unspecified atom stereocenters. The summed E-state index contributed by atoms with van der Waals surface area (Å²) in [6, 6.07) is 0. The SMILES string of the molecule is Cc1cn(CN(Cn2cc([N+](=O)[O-])nc2[N+](=O)[O-])[N+](=O)[O-])c([N+](=O)[O-])n1. The Kier molecular flexibility index (Phi) is 4.71. The zero-order valence-corrected chi connectivity index (χ0v) is 12.9. The van der Waals surface area contributed by atoms with E-state index in [1.807, 2.05) is 0 Å². The van der Waals surface area contributed by atoms with Crippen molar-refractivity contribution in [3.05, 3.63) is 58.5 Å². The van der Waals surface area contributed by atoms with Crippen LogP contribution in [0.5, 0.6) is 0 Å². The number of aromatic nitrogens is 4. The van der Waals surface area contributed by atoms with E-state index < -0.39 is 50.9 Å². The number of nitro groups is 4. The number of hydrogen-bond acceptors (Lipinski definition) is 10. The second-order valence-corrected chi connectivity index (χ2v) is 4.82. The van der Waals surface area contributed by atoms with Crippen LogP contribution in [-0.2, 0) is 13.3 Å². The monoisotopic (exact) mass is 371 g/mol. The first-order valence-corrected chi connectivity index (χ1v) is 6.53. The molecular weight excluding hydrogens is 362 g/mol. The molecule has 138 valence electrons. The van der Waals surface area contributed by atoms with Gasteiger partial charge < -0.3 is 30.3 Å². The first kappa shape index (κ1) is 18.2. The first-order valence-electron chi connectivity index (χ1n) is 6.53. The molecule has 0 radical (unpaired) electrons. The Bertz CT molecular complexity index is 901. The molecule has 2 heterocycles. The molecule has 0 N–H and O–H groups in total. The van der Waals surface area contributed by atoms with Crippen LogP contribution in [0.2, 0.25) is 0 Å². The van der Waals surface area contributed by atoms with Crippen molar-refractivity contribution in [2.75, 3.05) is 0 Å². The maximum Gasteiger partial charge on any atom is 0.440 e. The summed E-state index contributed by atoms with van der Waals surface area (Å²) in [5, 5.41) is 43.1. The van der Waals surface area contributed by atoms with Crippen LogP contribution in [0.1, 0.15) is 5.69 Å². The van der Waals surface area contributed by atoms with Crippen LogP contribution < -0.4 is 0 Å². The molecule has 17 heteroatoms. The quantitative estimate of drug-likeness (QED) is 0.452. The fraction of sp³-hybridized carbons (Fsp3) is 0.333. The van der Waals surface area contributed by atoms with E-state index in [0.717, 1.165) is 4.57 Å². The minimum Gasteiger partial charge on any atom is -0.390 e. The molecule has 0 saturated carbocycles. The van der Waals surface area contributed by atoms with E-state index >= 15 is 0 Å². The third-order valence-electron chi connectivity index (χ3n) is 2.99. The second-order valence-electron chi connectivity index (χ2n) is 4.82. The van der Waals surface area contributed by atoms with Gasteiger partial charge in [0, 0.05) is 0 Å². The molecule has 2 aromatic rings. The number of rotatable bonds is 8. The Morgan fingerprint density at radius 1 is 0.885 bits per heavy atom. The zero-order chi connectivity index (χ0) is 19.6. The van der Waals surface area contributed by atoms with Crippen LogP contribution in [0.15, 0.2) is 12.4 Å². The van der Waals surface area contributed by atoms with Crippen molar-refractivity contribution in [2.45, 2.75) is 20.3 Å². The van der Waals surface area contributed by atoms with Crippen molar-refractivity contribution in [3.8, 4) is 0 Å². The molecule has 0 spiro atoms. The van der Waals surface area contributed by atoms with Crippen LogP contribution in [0.3, 0.4) is 0 Å². The van der Waals surface area contributed by atoms with Crippen LogP contribution in [0.4, 0.5) is 17.7 Å². The van der Waals surface area contributed by atoms with Crippen molar-refractivity contribution in [3.63, 3.8) is 0 Å². The summed E-state index contributed by atoms with van der Waals surface area (Å²) in [5.74, 6) is -2.52. The van der Waals surface area contributed by atoms with Gasteiger partial charge in [0.25, 0.3) is 0 Å². The largest absolute Gasteiger partial charge is 0.440 e. The van der Waals surface area contributed by atoms with Gasteiger partial charge in [-0.15, -0.1) is 0 Å². The minimum atomic E-state index is -1.05. The van der Waals surface area contributed by atoms with Gasteiger partial charge in [-0.1, -0.05) is 9.99 Å². The van der Waals surface area contributed by atoms with Gasteiger partial charge in [0.2, 0.25) is 13.3 Å². The van der Waals surface area contributed by atoms with Gasteiger partial charge in [0.1, 0.15) is 11.9 Å². The standard InChI is InChI=1S/C9H9N9O8/c1-6-2-12(8(10-6)16(21)22)4-14(18(25)26)5-13-3-7(15(19)20)11-9(13)17(23)24/h2-3H,4-5H2,1H3. The van der Waals surface area contributed by atoms with E-state index in [1.54, 1.807) is 0 Å². The maximum absolute atomic E-state index is 11.2. The molecule has 0 amide bonds. The minimum absolute atomic E-state index is 0.226. The number of hydrazine groups is 1. The molecule has 0 aliphatic heterocycles. The molecule has 0 fully saturated rings. The Balaban J connectivity index is 2.35. The van der Waals surface area contributed by atoms with E-state index in [0.29, 0.717) is 15.8 Å². The van der Waals surface area contributed by atoms with Gasteiger partial charge in [-0.2, -0.15) is 0 Å². The Labute approximate surface area is 141 Å². The molecule has 0 saturated heterocycles. The Morgan fingerprint density at radius 2 is 1.38 bits per heavy atom. The Morgan fingerprint density at radius 3 is 1.85 bits per heavy atom. The van der Waals surface area contributed by atoms with Crippen molar-refractivity contribution < 1.29 is 19.8 Å². The average molecular weight is 371 g/mol. The average Bonchev–Trinajstić information content (AvgIpc) is 3.10. The zero-order valence-electron chi connectivity index (χ0n) is 12.9. The van der Waals surface area contributed by atoms with Crippen molar-refractivity contribution in [2.24, 2.45) is 0 Å². The van der Waals surface area contributed by atoms with Gasteiger partial charge in [-0.3, -0.25) is 0 Å². The lowest BCUT2D eigenvalue weighted by Crippen LogP contribution is -2.34. The van der Waals surface area contributed by atoms with Gasteiger partial charge in [0.15, 0.2) is 11.2 Å². The molecule has 0 bridgehead atoms. The molecule has 17 nitrogen and oxygen atoms in total. The van der Waals surface area contributed by atoms with E-state index in [2.05, 4.69) is 9.97 Å². The van der Waals surface area contributed by atoms with Gasteiger partial charge in [0.05, 0.1) is 0 Å².